The van der Waals surface area contributed by atoms with Gasteiger partial charge in [0.15, 0.2) is 6.10 Å². The lowest BCUT2D eigenvalue weighted by Gasteiger charge is -2.12. The van der Waals surface area contributed by atoms with Crippen molar-refractivity contribution in [2.75, 3.05) is 20.3 Å². The molecule has 25 heavy (non-hydrogen) atoms. The van der Waals surface area contributed by atoms with Crippen LogP contribution in [-0.2, 0) is 25.6 Å². The Bertz CT molecular complexity index is 768. The van der Waals surface area contributed by atoms with Crippen LogP contribution in [0.1, 0.15) is 6.92 Å². The lowest BCUT2D eigenvalue weighted by molar-refractivity contribution is -0.155. The summed E-state index contributed by atoms with van der Waals surface area (Å²) < 4.78 is 15.7. The van der Waals surface area contributed by atoms with E-state index in [1.165, 1.54) is 14.0 Å². The smallest absolute Gasteiger partial charge is 0.437 e. The van der Waals surface area contributed by atoms with Crippen LogP contribution in [0.15, 0.2) is 39.5 Å². The average Bonchev–Trinajstić information content (AvgIpc) is 2.96. The summed E-state index contributed by atoms with van der Waals surface area (Å²) in [7, 11) is 1.51. The van der Waals surface area contributed by atoms with Crippen LogP contribution in [0.3, 0.4) is 0 Å². The minimum Gasteiger partial charge on any atom is -0.451 e. The second kappa shape index (κ2) is 8.78. The fraction of sp³-hybridized carbons (Fsp3) is 0.375. The molecule has 0 saturated carbocycles. The Morgan fingerprint density at radius 2 is 2.04 bits per heavy atom. The van der Waals surface area contributed by atoms with Crippen molar-refractivity contribution in [1.29, 1.82) is 0 Å². The van der Waals surface area contributed by atoms with Crippen molar-refractivity contribution >= 4 is 11.9 Å². The van der Waals surface area contributed by atoms with Crippen molar-refractivity contribution in [2.24, 2.45) is 0 Å². The molecule has 0 aliphatic rings. The first-order valence-corrected chi connectivity index (χ1v) is 7.60. The molecule has 9 nitrogen and oxygen atoms in total. The van der Waals surface area contributed by atoms with Crippen molar-refractivity contribution in [2.45, 2.75) is 19.6 Å². The Morgan fingerprint density at radius 3 is 2.72 bits per heavy atom. The van der Waals surface area contributed by atoms with Crippen molar-refractivity contribution in [3.63, 3.8) is 0 Å². The Kier molecular flexibility index (Phi) is 6.47. The van der Waals surface area contributed by atoms with Gasteiger partial charge in [0.1, 0.15) is 6.54 Å². The quantitative estimate of drug-likeness (QED) is 0.535. The molecule has 1 atom stereocenters. The van der Waals surface area contributed by atoms with Gasteiger partial charge >= 0.3 is 11.7 Å². The second-order valence-corrected chi connectivity index (χ2v) is 5.11. The number of carbonyl (C=O) groups excluding carboxylic acids is 2. The van der Waals surface area contributed by atoms with Crippen molar-refractivity contribution in [3.8, 4) is 11.5 Å². The van der Waals surface area contributed by atoms with Crippen LogP contribution < -0.4 is 11.1 Å². The summed E-state index contributed by atoms with van der Waals surface area (Å²) in [6.07, 6.45) is -0.999. The van der Waals surface area contributed by atoms with Gasteiger partial charge in [-0.1, -0.05) is 18.2 Å². The van der Waals surface area contributed by atoms with E-state index in [2.05, 4.69) is 10.4 Å². The largest absolute Gasteiger partial charge is 0.451 e. The molecule has 0 bridgehead atoms. The van der Waals surface area contributed by atoms with Crippen molar-refractivity contribution < 1.29 is 23.5 Å². The summed E-state index contributed by atoms with van der Waals surface area (Å²) >= 11 is 0. The highest BCUT2D eigenvalue weighted by Gasteiger charge is 2.19. The molecule has 1 N–H and O–H groups in total. The molecule has 0 aliphatic heterocycles. The van der Waals surface area contributed by atoms with Gasteiger partial charge < -0.3 is 19.2 Å². The predicted octanol–water partition coefficient (Wildman–Crippen LogP) is 0.198. The first kappa shape index (κ1) is 18.4. The van der Waals surface area contributed by atoms with Crippen molar-refractivity contribution in [3.05, 3.63) is 40.9 Å². The number of hydrogen-bond acceptors (Lipinski definition) is 7. The molecule has 1 heterocycles. The Balaban J connectivity index is 1.93. The molecule has 134 valence electrons. The standard InChI is InChI=1S/C16H19N3O6/c1-11(14(21)17-8-9-23-2)24-13(20)10-19-16(22)25-15(18-19)12-6-4-3-5-7-12/h3-7,11H,8-10H2,1-2H3,(H,17,21)/t11-/m0/s1. The maximum absolute atomic E-state index is 11.9. The number of nitrogens with zero attached hydrogens (tertiary/aromatic N) is 2. The lowest BCUT2D eigenvalue weighted by atomic mass is 10.2. The zero-order valence-electron chi connectivity index (χ0n) is 13.9. The molecule has 0 spiro atoms. The Labute approximate surface area is 143 Å². The first-order valence-electron chi connectivity index (χ1n) is 7.60. The molecule has 2 rings (SSSR count). The SMILES string of the molecule is COCCNC(=O)[C@H](C)OC(=O)Cn1nc(-c2ccccc2)oc1=O. The topological polar surface area (TPSA) is 113 Å². The van der Waals surface area contributed by atoms with Crippen LogP contribution in [0.25, 0.3) is 11.5 Å². The van der Waals surface area contributed by atoms with Crippen LogP contribution in [0.5, 0.6) is 0 Å². The first-order chi connectivity index (χ1) is 12.0. The monoisotopic (exact) mass is 349 g/mol. The summed E-state index contributed by atoms with van der Waals surface area (Å²) in [6, 6.07) is 8.80. The van der Waals surface area contributed by atoms with E-state index in [1.54, 1.807) is 24.3 Å². The molecule has 2 aromatic rings. The average molecular weight is 349 g/mol. The number of rotatable bonds is 8. The Hall–Kier alpha value is -2.94. The zero-order valence-corrected chi connectivity index (χ0v) is 13.9. The summed E-state index contributed by atoms with van der Waals surface area (Å²) in [4.78, 5) is 35.4. The predicted molar refractivity (Wildman–Crippen MR) is 86.6 cm³/mol. The normalized spacial score (nSPS) is 11.8. The van der Waals surface area contributed by atoms with E-state index in [1.807, 2.05) is 6.07 Å². The van der Waals surface area contributed by atoms with Crippen LogP contribution in [0.4, 0.5) is 0 Å². The molecule has 1 aromatic heterocycles. The zero-order chi connectivity index (χ0) is 18.2. The molecule has 1 amide bonds. The van der Waals surface area contributed by atoms with E-state index in [9.17, 15) is 14.4 Å². The molecule has 0 fully saturated rings. The van der Waals surface area contributed by atoms with Gasteiger partial charge in [-0.15, -0.1) is 5.10 Å². The maximum atomic E-state index is 11.9. The number of carbonyl (C=O) groups is 2. The molecular weight excluding hydrogens is 330 g/mol. The number of aromatic nitrogens is 2. The van der Waals surface area contributed by atoms with E-state index in [4.69, 9.17) is 13.9 Å². The molecule has 0 unspecified atom stereocenters. The molecule has 1 aromatic carbocycles. The van der Waals surface area contributed by atoms with E-state index < -0.39 is 30.3 Å². The van der Waals surface area contributed by atoms with Gasteiger partial charge in [0, 0.05) is 19.2 Å². The number of ether oxygens (including phenoxy) is 2. The fourth-order valence-corrected chi connectivity index (χ4v) is 1.93. The van der Waals surface area contributed by atoms with Crippen LogP contribution in [0.2, 0.25) is 0 Å². The second-order valence-electron chi connectivity index (χ2n) is 5.11. The highest BCUT2D eigenvalue weighted by Crippen LogP contribution is 2.13. The van der Waals surface area contributed by atoms with Gasteiger partial charge in [0.2, 0.25) is 5.89 Å². The van der Waals surface area contributed by atoms with Gasteiger partial charge in [0.25, 0.3) is 5.91 Å². The summed E-state index contributed by atoms with van der Waals surface area (Å²) in [5, 5.41) is 6.50. The van der Waals surface area contributed by atoms with Gasteiger partial charge in [-0.05, 0) is 19.1 Å². The van der Waals surface area contributed by atoms with Gasteiger partial charge in [-0.25, -0.2) is 4.79 Å². The summed E-state index contributed by atoms with van der Waals surface area (Å²) in [5.41, 5.74) is 0.609. The van der Waals surface area contributed by atoms with Gasteiger partial charge in [-0.3, -0.25) is 9.59 Å². The summed E-state index contributed by atoms with van der Waals surface area (Å²) in [6.45, 7) is 1.63. The lowest BCUT2D eigenvalue weighted by Crippen LogP contribution is -2.38. The molecular formula is C16H19N3O6. The molecule has 9 heteroatoms. The van der Waals surface area contributed by atoms with Crippen LogP contribution in [-0.4, -0.2) is 48.0 Å². The molecule has 0 saturated heterocycles. The number of amides is 1. The number of benzene rings is 1. The maximum Gasteiger partial charge on any atom is 0.437 e. The van der Waals surface area contributed by atoms with E-state index >= 15 is 0 Å². The third kappa shape index (κ3) is 5.28. The third-order valence-electron chi connectivity index (χ3n) is 3.19. The highest BCUT2D eigenvalue weighted by molar-refractivity contribution is 5.83. The Morgan fingerprint density at radius 1 is 1.32 bits per heavy atom. The minimum atomic E-state index is -0.999. The summed E-state index contributed by atoms with van der Waals surface area (Å²) in [5.74, 6) is -1.91. The fourth-order valence-electron chi connectivity index (χ4n) is 1.93. The number of nitrogens with one attached hydrogen (secondary N) is 1. The van der Waals surface area contributed by atoms with E-state index in [-0.39, 0.29) is 5.89 Å². The number of methoxy groups -OCH3 is 1. The number of esters is 1. The van der Waals surface area contributed by atoms with E-state index in [0.717, 1.165) is 4.68 Å². The van der Waals surface area contributed by atoms with Gasteiger partial charge in [-0.2, -0.15) is 4.68 Å². The number of hydrogen-bond donors (Lipinski definition) is 1. The minimum absolute atomic E-state index is 0.101. The van der Waals surface area contributed by atoms with Gasteiger partial charge in [0.05, 0.1) is 6.61 Å². The van der Waals surface area contributed by atoms with Crippen molar-refractivity contribution in [1.82, 2.24) is 15.1 Å². The highest BCUT2D eigenvalue weighted by atomic mass is 16.5. The molecule has 0 radical (unpaired) electrons. The van der Waals surface area contributed by atoms with E-state index in [0.29, 0.717) is 18.7 Å². The third-order valence-corrected chi connectivity index (χ3v) is 3.19. The van der Waals surface area contributed by atoms with Crippen LogP contribution in [0, 0.1) is 0 Å². The van der Waals surface area contributed by atoms with Crippen LogP contribution >= 0.6 is 0 Å². The molecule has 0 aliphatic carbocycles.